The highest BCUT2D eigenvalue weighted by Gasteiger charge is 2.39. The fourth-order valence-electron chi connectivity index (χ4n) is 0.973. The van der Waals surface area contributed by atoms with Crippen LogP contribution in [0, 0.1) is 0 Å². The summed E-state index contributed by atoms with van der Waals surface area (Å²) in [6.07, 6.45) is 1.92. The number of nitrogens with zero attached hydrogens (tertiary/aromatic N) is 1. The maximum Gasteiger partial charge on any atom is 0.439 e. The highest BCUT2D eigenvalue weighted by Crippen LogP contribution is 2.34. The third kappa shape index (κ3) is 1.61. The van der Waals surface area contributed by atoms with Crippen molar-refractivity contribution in [2.24, 2.45) is 0 Å². The van der Waals surface area contributed by atoms with Gasteiger partial charge >= 0.3 is 5.76 Å². The van der Waals surface area contributed by atoms with Gasteiger partial charge in [-0.2, -0.15) is 0 Å². The second-order valence-electron chi connectivity index (χ2n) is 3.46. The minimum Gasteiger partial charge on any atom is -0.344 e. The molecule has 1 fully saturated rings. The molecule has 0 aromatic carbocycles. The molecule has 0 aliphatic heterocycles. The number of rotatable bonds is 2. The Labute approximate surface area is 73.3 Å². The van der Waals surface area contributed by atoms with Gasteiger partial charge in [-0.25, -0.2) is 4.79 Å². The van der Waals surface area contributed by atoms with Gasteiger partial charge in [0.1, 0.15) is 0 Å². The number of carbonyl (C=O) groups excluding carboxylic acids is 1. The predicted octanol–water partition coefficient (Wildman–Crippen LogP) is -0.355. The first kappa shape index (κ1) is 8.03. The number of aromatic nitrogens is 2. The van der Waals surface area contributed by atoms with Crippen LogP contribution >= 0.6 is 0 Å². The van der Waals surface area contributed by atoms with Gasteiger partial charge < -0.3 is 5.32 Å². The lowest BCUT2D eigenvalue weighted by Crippen LogP contribution is -2.35. The van der Waals surface area contributed by atoms with Crippen LogP contribution in [-0.4, -0.2) is 21.6 Å². The van der Waals surface area contributed by atoms with Crippen LogP contribution in [0.3, 0.4) is 0 Å². The first-order chi connectivity index (χ1) is 6.09. The molecule has 1 aromatic heterocycles. The van der Waals surface area contributed by atoms with Crippen molar-refractivity contribution >= 4 is 5.91 Å². The molecule has 2 rings (SSSR count). The molecule has 13 heavy (non-hydrogen) atoms. The summed E-state index contributed by atoms with van der Waals surface area (Å²) in [5.41, 5.74) is -0.118. The van der Waals surface area contributed by atoms with Crippen LogP contribution in [0.15, 0.2) is 9.32 Å². The van der Waals surface area contributed by atoms with Crippen molar-refractivity contribution in [1.29, 1.82) is 0 Å². The summed E-state index contributed by atoms with van der Waals surface area (Å²) in [7, 11) is 0. The molecule has 1 aliphatic carbocycles. The molecule has 1 amide bonds. The quantitative estimate of drug-likeness (QED) is 0.655. The Morgan fingerprint density at radius 3 is 2.85 bits per heavy atom. The Balaban J connectivity index is 2.09. The smallest absolute Gasteiger partial charge is 0.344 e. The first-order valence-electron chi connectivity index (χ1n) is 3.98. The van der Waals surface area contributed by atoms with E-state index in [-0.39, 0.29) is 11.4 Å². The largest absolute Gasteiger partial charge is 0.439 e. The normalized spacial score (nSPS) is 18.2. The summed E-state index contributed by atoms with van der Waals surface area (Å²) < 4.78 is 4.20. The summed E-state index contributed by atoms with van der Waals surface area (Å²) in [5, 5.41) is 6.00. The van der Waals surface area contributed by atoms with Crippen molar-refractivity contribution in [3.63, 3.8) is 0 Å². The third-order valence-electron chi connectivity index (χ3n) is 2.07. The van der Waals surface area contributed by atoms with Crippen LogP contribution in [0.4, 0.5) is 0 Å². The average Bonchev–Trinajstić information content (AvgIpc) is 2.62. The maximum absolute atomic E-state index is 11.3. The Morgan fingerprint density at radius 1 is 1.69 bits per heavy atom. The predicted molar refractivity (Wildman–Crippen MR) is 42.2 cm³/mol. The van der Waals surface area contributed by atoms with E-state index in [1.165, 1.54) is 0 Å². The molecule has 0 saturated heterocycles. The fraction of sp³-hybridized carbons (Fsp3) is 0.571. The first-order valence-corrected chi connectivity index (χ1v) is 3.98. The molecule has 0 unspecified atom stereocenters. The molecule has 1 aromatic rings. The second kappa shape index (κ2) is 2.45. The monoisotopic (exact) mass is 183 g/mol. The SMILES string of the molecule is CC1(NC(=O)c2noc(=O)[nH]2)CC1. The molecule has 0 atom stereocenters. The van der Waals surface area contributed by atoms with Crippen LogP contribution < -0.4 is 11.1 Å². The topological polar surface area (TPSA) is 88.0 Å². The number of hydrogen-bond acceptors (Lipinski definition) is 4. The van der Waals surface area contributed by atoms with Crippen molar-refractivity contribution in [2.75, 3.05) is 0 Å². The summed E-state index contributed by atoms with van der Waals surface area (Å²) >= 11 is 0. The van der Waals surface area contributed by atoms with Crippen molar-refractivity contribution in [1.82, 2.24) is 15.5 Å². The standard InChI is InChI=1S/C7H9N3O3/c1-7(2-3-7)9-5(11)4-8-6(12)13-10-4/h2-3H2,1H3,(H,9,11)(H,8,10,12). The second-order valence-corrected chi connectivity index (χ2v) is 3.46. The van der Waals surface area contributed by atoms with Crippen LogP contribution in [0.25, 0.3) is 0 Å². The van der Waals surface area contributed by atoms with Crippen molar-refractivity contribution in [3.05, 3.63) is 16.4 Å². The molecule has 6 nitrogen and oxygen atoms in total. The van der Waals surface area contributed by atoms with E-state index in [4.69, 9.17) is 0 Å². The Morgan fingerprint density at radius 2 is 2.38 bits per heavy atom. The third-order valence-corrected chi connectivity index (χ3v) is 2.07. The van der Waals surface area contributed by atoms with Gasteiger partial charge in [0.05, 0.1) is 0 Å². The summed E-state index contributed by atoms with van der Waals surface area (Å²) in [4.78, 5) is 24.0. The molecule has 1 aliphatic rings. The van der Waals surface area contributed by atoms with Gasteiger partial charge in [-0.15, -0.1) is 0 Å². The minimum absolute atomic E-state index is 0.0712. The van der Waals surface area contributed by atoms with E-state index >= 15 is 0 Å². The van der Waals surface area contributed by atoms with E-state index in [2.05, 4.69) is 20.0 Å². The van der Waals surface area contributed by atoms with Crippen LogP contribution in [-0.2, 0) is 0 Å². The van der Waals surface area contributed by atoms with Gasteiger partial charge in [-0.3, -0.25) is 14.3 Å². The Kier molecular flexibility index (Phi) is 1.51. The summed E-state index contributed by atoms with van der Waals surface area (Å²) in [6.45, 7) is 1.93. The van der Waals surface area contributed by atoms with E-state index in [1.54, 1.807) is 0 Å². The van der Waals surface area contributed by atoms with E-state index in [1.807, 2.05) is 6.92 Å². The lowest BCUT2D eigenvalue weighted by molar-refractivity contribution is 0.0922. The zero-order valence-corrected chi connectivity index (χ0v) is 7.09. The van der Waals surface area contributed by atoms with Crippen LogP contribution in [0.1, 0.15) is 30.4 Å². The fourth-order valence-corrected chi connectivity index (χ4v) is 0.973. The molecule has 70 valence electrons. The van der Waals surface area contributed by atoms with Crippen LogP contribution in [0.2, 0.25) is 0 Å². The number of carbonyl (C=O) groups is 1. The molecular weight excluding hydrogens is 174 g/mol. The number of nitrogens with one attached hydrogen (secondary N) is 2. The number of H-pyrrole nitrogens is 1. The minimum atomic E-state index is -0.717. The molecule has 0 radical (unpaired) electrons. The van der Waals surface area contributed by atoms with Gasteiger partial charge in [0.15, 0.2) is 0 Å². The Bertz CT molecular complexity index is 388. The van der Waals surface area contributed by atoms with E-state index < -0.39 is 11.7 Å². The van der Waals surface area contributed by atoms with Gasteiger partial charge in [0.2, 0.25) is 5.82 Å². The molecule has 6 heteroatoms. The van der Waals surface area contributed by atoms with Gasteiger partial charge in [-0.1, -0.05) is 0 Å². The average molecular weight is 183 g/mol. The lowest BCUT2D eigenvalue weighted by Gasteiger charge is -2.07. The molecule has 2 N–H and O–H groups in total. The zero-order chi connectivity index (χ0) is 9.47. The Hall–Kier alpha value is -1.59. The highest BCUT2D eigenvalue weighted by atomic mass is 16.5. The zero-order valence-electron chi connectivity index (χ0n) is 7.09. The molecular formula is C7H9N3O3. The van der Waals surface area contributed by atoms with E-state index in [9.17, 15) is 9.59 Å². The summed E-state index contributed by atoms with van der Waals surface area (Å²) in [5.74, 6) is -1.19. The molecule has 0 bridgehead atoms. The van der Waals surface area contributed by atoms with Crippen molar-refractivity contribution in [2.45, 2.75) is 25.3 Å². The maximum atomic E-state index is 11.3. The van der Waals surface area contributed by atoms with Crippen LogP contribution in [0.5, 0.6) is 0 Å². The van der Waals surface area contributed by atoms with Crippen molar-refractivity contribution in [3.8, 4) is 0 Å². The molecule has 1 heterocycles. The summed E-state index contributed by atoms with van der Waals surface area (Å²) in [6, 6.07) is 0. The van der Waals surface area contributed by atoms with Gasteiger partial charge in [-0.05, 0) is 24.9 Å². The number of hydrogen-bond donors (Lipinski definition) is 2. The van der Waals surface area contributed by atoms with E-state index in [0.29, 0.717) is 0 Å². The van der Waals surface area contributed by atoms with Gasteiger partial charge in [0.25, 0.3) is 5.91 Å². The number of aromatic amines is 1. The molecule has 1 saturated carbocycles. The van der Waals surface area contributed by atoms with E-state index in [0.717, 1.165) is 12.8 Å². The molecule has 0 spiro atoms. The lowest BCUT2D eigenvalue weighted by atomic mass is 10.3. The van der Waals surface area contributed by atoms with Crippen molar-refractivity contribution < 1.29 is 9.32 Å². The van der Waals surface area contributed by atoms with Gasteiger partial charge in [0, 0.05) is 5.54 Å². The highest BCUT2D eigenvalue weighted by molar-refractivity contribution is 5.90. The number of amides is 1.